The zero-order valence-corrected chi connectivity index (χ0v) is 9.58. The largest absolute Gasteiger partial charge is 0.288 e. The number of nitrogens with zero attached hydrogens (tertiary/aromatic N) is 1. The van der Waals surface area contributed by atoms with Gasteiger partial charge in [0.1, 0.15) is 0 Å². The van der Waals surface area contributed by atoms with Crippen LogP contribution in [0.4, 0.5) is 0 Å². The van der Waals surface area contributed by atoms with E-state index in [4.69, 9.17) is 0 Å². The first-order valence-corrected chi connectivity index (χ1v) is 5.92. The molecule has 0 aliphatic carbocycles. The molecule has 2 aromatic rings. The van der Waals surface area contributed by atoms with Gasteiger partial charge in [-0.3, -0.25) is 4.79 Å². The van der Waals surface area contributed by atoms with Crippen LogP contribution in [0.25, 0.3) is 0 Å². The number of hydrogen-bond donors (Lipinski definition) is 0. The van der Waals surface area contributed by atoms with E-state index in [0.717, 1.165) is 3.79 Å². The molecule has 13 heavy (non-hydrogen) atoms. The molecule has 0 atom stereocenters. The summed E-state index contributed by atoms with van der Waals surface area (Å²) in [5.41, 5.74) is 0.717. The first kappa shape index (κ1) is 9.05. The topological polar surface area (TPSA) is 30.0 Å². The van der Waals surface area contributed by atoms with Gasteiger partial charge in [0.05, 0.1) is 8.66 Å². The van der Waals surface area contributed by atoms with Crippen LogP contribution >= 0.6 is 38.8 Å². The van der Waals surface area contributed by atoms with E-state index < -0.39 is 0 Å². The van der Waals surface area contributed by atoms with Crippen molar-refractivity contribution in [2.75, 3.05) is 0 Å². The fraction of sp³-hybridized carbons (Fsp3) is 0. The van der Waals surface area contributed by atoms with Gasteiger partial charge in [-0.15, -0.1) is 11.3 Å². The minimum Gasteiger partial charge on any atom is -0.288 e. The highest BCUT2D eigenvalue weighted by atomic mass is 79.9. The maximum Gasteiger partial charge on any atom is 0.206 e. The molecule has 0 unspecified atom stereocenters. The Labute approximate surface area is 91.5 Å². The second kappa shape index (κ2) is 3.69. The minimum atomic E-state index is 0.0376. The Morgan fingerprint density at radius 2 is 2.31 bits per heavy atom. The van der Waals surface area contributed by atoms with E-state index in [2.05, 4.69) is 20.3 Å². The molecule has 0 aliphatic heterocycles. The Morgan fingerprint density at radius 1 is 1.46 bits per heavy atom. The molecule has 0 amide bonds. The van der Waals surface area contributed by atoms with E-state index >= 15 is 0 Å². The van der Waals surface area contributed by atoms with Crippen LogP contribution in [0.5, 0.6) is 0 Å². The van der Waals surface area contributed by atoms with Gasteiger partial charge < -0.3 is 0 Å². The highest BCUT2D eigenvalue weighted by Gasteiger charge is 2.14. The van der Waals surface area contributed by atoms with Crippen molar-refractivity contribution in [2.45, 2.75) is 0 Å². The molecule has 0 aromatic carbocycles. The van der Waals surface area contributed by atoms with Crippen LogP contribution in [0.1, 0.15) is 15.2 Å². The van der Waals surface area contributed by atoms with Crippen molar-refractivity contribution in [3.63, 3.8) is 0 Å². The summed E-state index contributed by atoms with van der Waals surface area (Å²) < 4.78 is 4.77. The highest BCUT2D eigenvalue weighted by Crippen LogP contribution is 2.26. The fourth-order valence-electron chi connectivity index (χ4n) is 0.921. The lowest BCUT2D eigenvalue weighted by Gasteiger charge is -1.92. The van der Waals surface area contributed by atoms with Crippen LogP contribution in [-0.4, -0.2) is 10.2 Å². The molecule has 0 saturated carbocycles. The lowest BCUT2D eigenvalue weighted by molar-refractivity contribution is 0.104. The smallest absolute Gasteiger partial charge is 0.206 e. The second-order valence-electron chi connectivity index (χ2n) is 2.31. The van der Waals surface area contributed by atoms with E-state index in [1.807, 2.05) is 11.4 Å². The van der Waals surface area contributed by atoms with Crippen molar-refractivity contribution in [1.29, 1.82) is 0 Å². The molecule has 0 bridgehead atoms. The summed E-state index contributed by atoms with van der Waals surface area (Å²) in [5.74, 6) is 0.0376. The van der Waals surface area contributed by atoms with Crippen LogP contribution in [-0.2, 0) is 0 Å². The van der Waals surface area contributed by atoms with Crippen LogP contribution in [0, 0.1) is 0 Å². The Morgan fingerprint density at radius 3 is 2.85 bits per heavy atom. The van der Waals surface area contributed by atoms with Gasteiger partial charge in [0.15, 0.2) is 0 Å². The average molecular weight is 274 g/mol. The quantitative estimate of drug-likeness (QED) is 0.787. The Kier molecular flexibility index (Phi) is 2.57. The van der Waals surface area contributed by atoms with Gasteiger partial charge in [0.2, 0.25) is 5.78 Å². The number of halogens is 1. The molecule has 2 aromatic heterocycles. The summed E-state index contributed by atoms with van der Waals surface area (Å²) in [6, 6.07) is 3.55. The molecular formula is C8H4BrNOS2. The van der Waals surface area contributed by atoms with E-state index in [9.17, 15) is 4.79 Å². The number of carbonyl (C=O) groups excluding carboxylic acids is 1. The molecule has 66 valence electrons. The Bertz CT molecular complexity index is 421. The fourth-order valence-corrected chi connectivity index (χ4v) is 2.72. The molecule has 2 rings (SSSR count). The van der Waals surface area contributed by atoms with E-state index in [1.165, 1.54) is 22.9 Å². The predicted molar refractivity (Wildman–Crippen MR) is 57.6 cm³/mol. The summed E-state index contributed by atoms with van der Waals surface area (Å²) in [5, 5.41) is 1.89. The molecule has 0 spiro atoms. The summed E-state index contributed by atoms with van der Waals surface area (Å²) in [7, 11) is 0. The van der Waals surface area contributed by atoms with Crippen molar-refractivity contribution < 1.29 is 4.79 Å². The lowest BCUT2D eigenvalue weighted by Crippen LogP contribution is -1.96. The number of rotatable bonds is 2. The standard InChI is InChI=1S/C8H4BrNOS2/c9-8-5(2-4-12-8)7(11)6-1-3-10-13-6/h1-4H. The third-order valence-electron chi connectivity index (χ3n) is 1.52. The van der Waals surface area contributed by atoms with Crippen molar-refractivity contribution in [2.24, 2.45) is 0 Å². The van der Waals surface area contributed by atoms with Gasteiger partial charge >= 0.3 is 0 Å². The SMILES string of the molecule is O=C(c1ccns1)c1ccsc1Br. The monoisotopic (exact) mass is 273 g/mol. The normalized spacial score (nSPS) is 10.2. The number of thiophene rings is 1. The van der Waals surface area contributed by atoms with Crippen molar-refractivity contribution in [3.05, 3.63) is 37.9 Å². The zero-order valence-electron chi connectivity index (χ0n) is 6.36. The van der Waals surface area contributed by atoms with Gasteiger partial charge in [0.25, 0.3) is 0 Å². The Balaban J connectivity index is 2.39. The first-order chi connectivity index (χ1) is 6.29. The maximum atomic E-state index is 11.7. The van der Waals surface area contributed by atoms with Gasteiger partial charge in [-0.25, -0.2) is 4.37 Å². The van der Waals surface area contributed by atoms with Gasteiger partial charge in [-0.1, -0.05) is 0 Å². The minimum absolute atomic E-state index is 0.0376. The third-order valence-corrected chi connectivity index (χ3v) is 3.96. The number of hydrogen-bond acceptors (Lipinski definition) is 4. The summed E-state index contributed by atoms with van der Waals surface area (Å²) in [6.45, 7) is 0. The van der Waals surface area contributed by atoms with E-state index in [1.54, 1.807) is 12.3 Å². The van der Waals surface area contributed by atoms with Crippen molar-refractivity contribution in [3.8, 4) is 0 Å². The average Bonchev–Trinajstić information content (AvgIpc) is 2.72. The number of carbonyl (C=O) groups is 1. The summed E-state index contributed by atoms with van der Waals surface area (Å²) in [6.07, 6.45) is 1.64. The molecule has 0 saturated heterocycles. The molecule has 0 aliphatic rings. The first-order valence-electron chi connectivity index (χ1n) is 3.47. The molecule has 2 heterocycles. The molecule has 0 radical (unpaired) electrons. The second-order valence-corrected chi connectivity index (χ2v) is 5.38. The number of aromatic nitrogens is 1. The highest BCUT2D eigenvalue weighted by molar-refractivity contribution is 9.11. The van der Waals surface area contributed by atoms with E-state index in [-0.39, 0.29) is 5.78 Å². The van der Waals surface area contributed by atoms with E-state index in [0.29, 0.717) is 10.4 Å². The molecule has 2 nitrogen and oxygen atoms in total. The van der Waals surface area contributed by atoms with Crippen LogP contribution in [0.3, 0.4) is 0 Å². The molecular weight excluding hydrogens is 270 g/mol. The summed E-state index contributed by atoms with van der Waals surface area (Å²) >= 11 is 6.07. The molecule has 5 heteroatoms. The van der Waals surface area contributed by atoms with Crippen molar-refractivity contribution in [1.82, 2.24) is 4.37 Å². The zero-order chi connectivity index (χ0) is 9.26. The third kappa shape index (κ3) is 1.72. The number of ketones is 1. The predicted octanol–water partition coefficient (Wildman–Crippen LogP) is 3.20. The van der Waals surface area contributed by atoms with Crippen molar-refractivity contribution >= 4 is 44.6 Å². The molecule has 0 N–H and O–H groups in total. The maximum absolute atomic E-state index is 11.7. The van der Waals surface area contributed by atoms with Gasteiger partial charge in [0, 0.05) is 11.8 Å². The summed E-state index contributed by atoms with van der Waals surface area (Å²) in [4.78, 5) is 12.4. The van der Waals surface area contributed by atoms with Crippen LogP contribution in [0.15, 0.2) is 27.5 Å². The van der Waals surface area contributed by atoms with Gasteiger partial charge in [-0.2, -0.15) is 0 Å². The van der Waals surface area contributed by atoms with Crippen LogP contribution < -0.4 is 0 Å². The Hall–Kier alpha value is -0.520. The van der Waals surface area contributed by atoms with Gasteiger partial charge in [-0.05, 0) is 45.0 Å². The van der Waals surface area contributed by atoms with Crippen LogP contribution in [0.2, 0.25) is 0 Å². The lowest BCUT2D eigenvalue weighted by atomic mass is 10.2. The molecule has 0 fully saturated rings.